The quantitative estimate of drug-likeness (QED) is 0.756. The summed E-state index contributed by atoms with van der Waals surface area (Å²) in [5.41, 5.74) is 8.83. The third-order valence-electron chi connectivity index (χ3n) is 2.74. The van der Waals surface area contributed by atoms with Gasteiger partial charge in [0, 0.05) is 12.3 Å². The summed E-state index contributed by atoms with van der Waals surface area (Å²) in [6.45, 7) is 2.11. The molecule has 0 fully saturated rings. The van der Waals surface area contributed by atoms with Gasteiger partial charge in [-0.3, -0.25) is 4.79 Å². The first kappa shape index (κ1) is 9.00. The predicted octanol–water partition coefficient (Wildman–Crippen LogP) is 2.06. The molecule has 0 heterocycles. The van der Waals surface area contributed by atoms with E-state index in [1.165, 1.54) is 11.1 Å². The van der Waals surface area contributed by atoms with E-state index in [4.69, 9.17) is 5.73 Å². The summed E-state index contributed by atoms with van der Waals surface area (Å²) in [4.78, 5) is 10.8. The molecule has 1 aliphatic carbocycles. The summed E-state index contributed by atoms with van der Waals surface area (Å²) >= 11 is 0. The minimum atomic E-state index is -0.254. The molecule has 0 radical (unpaired) electrons. The van der Waals surface area contributed by atoms with Gasteiger partial charge in [-0.25, -0.2) is 0 Å². The second-order valence-electron chi connectivity index (χ2n) is 3.71. The molecule has 0 saturated heterocycles. The molecule has 72 valence electrons. The molecule has 2 heteroatoms. The van der Waals surface area contributed by atoms with E-state index in [9.17, 15) is 4.79 Å². The summed E-state index contributed by atoms with van der Waals surface area (Å²) in [6.07, 6.45) is 2.45. The van der Waals surface area contributed by atoms with Gasteiger partial charge in [-0.1, -0.05) is 42.8 Å². The SMILES string of the molecule is CC1C(CC(N)=O)=Cc2ccccc21. The lowest BCUT2D eigenvalue weighted by atomic mass is 9.96. The lowest BCUT2D eigenvalue weighted by Crippen LogP contribution is -2.12. The molecule has 1 aromatic carbocycles. The van der Waals surface area contributed by atoms with Gasteiger partial charge in [0.15, 0.2) is 0 Å². The van der Waals surface area contributed by atoms with E-state index in [0.717, 1.165) is 5.57 Å². The van der Waals surface area contributed by atoms with Crippen LogP contribution in [0, 0.1) is 0 Å². The molecule has 2 nitrogen and oxygen atoms in total. The van der Waals surface area contributed by atoms with Crippen LogP contribution >= 0.6 is 0 Å². The van der Waals surface area contributed by atoms with Crippen LogP contribution in [0.25, 0.3) is 6.08 Å². The number of nitrogens with two attached hydrogens (primary N) is 1. The molecule has 0 aliphatic heterocycles. The van der Waals surface area contributed by atoms with E-state index in [-0.39, 0.29) is 5.91 Å². The van der Waals surface area contributed by atoms with E-state index in [1.54, 1.807) is 0 Å². The Hall–Kier alpha value is -1.57. The highest BCUT2D eigenvalue weighted by Crippen LogP contribution is 2.36. The Balaban J connectivity index is 2.32. The van der Waals surface area contributed by atoms with Crippen molar-refractivity contribution in [2.45, 2.75) is 19.3 Å². The molecule has 0 aromatic heterocycles. The molecule has 1 unspecified atom stereocenters. The molecule has 1 aliphatic rings. The molecule has 2 rings (SSSR count). The van der Waals surface area contributed by atoms with Crippen molar-refractivity contribution in [1.82, 2.24) is 0 Å². The fourth-order valence-corrected chi connectivity index (χ4v) is 1.97. The van der Waals surface area contributed by atoms with Crippen LogP contribution in [0.3, 0.4) is 0 Å². The zero-order valence-electron chi connectivity index (χ0n) is 8.16. The van der Waals surface area contributed by atoms with Crippen LogP contribution in [0.4, 0.5) is 0 Å². The van der Waals surface area contributed by atoms with Gasteiger partial charge < -0.3 is 5.73 Å². The van der Waals surface area contributed by atoms with Crippen molar-refractivity contribution in [2.24, 2.45) is 5.73 Å². The minimum absolute atomic E-state index is 0.254. The second kappa shape index (κ2) is 3.29. The number of rotatable bonds is 2. The van der Waals surface area contributed by atoms with Crippen molar-refractivity contribution in [3.63, 3.8) is 0 Å². The Morgan fingerprint density at radius 3 is 2.79 bits per heavy atom. The van der Waals surface area contributed by atoms with Crippen LogP contribution in [-0.4, -0.2) is 5.91 Å². The summed E-state index contributed by atoms with van der Waals surface area (Å²) in [5.74, 6) is 0.0783. The third kappa shape index (κ3) is 1.43. The monoisotopic (exact) mass is 187 g/mol. The number of carbonyl (C=O) groups excluding carboxylic acids is 1. The van der Waals surface area contributed by atoms with E-state index in [1.807, 2.05) is 12.1 Å². The molecule has 2 N–H and O–H groups in total. The number of primary amides is 1. The number of amides is 1. The Morgan fingerprint density at radius 2 is 2.14 bits per heavy atom. The Kier molecular flexibility index (Phi) is 2.12. The van der Waals surface area contributed by atoms with Gasteiger partial charge in [0.1, 0.15) is 0 Å². The van der Waals surface area contributed by atoms with E-state index >= 15 is 0 Å². The van der Waals surface area contributed by atoms with Crippen molar-refractivity contribution >= 4 is 12.0 Å². The zero-order chi connectivity index (χ0) is 10.1. The fraction of sp³-hybridized carbons (Fsp3) is 0.250. The van der Waals surface area contributed by atoms with Crippen LogP contribution in [0.2, 0.25) is 0 Å². The maximum absolute atomic E-state index is 10.8. The maximum atomic E-state index is 10.8. The van der Waals surface area contributed by atoms with Crippen LogP contribution in [0.15, 0.2) is 29.8 Å². The highest BCUT2D eigenvalue weighted by atomic mass is 16.1. The summed E-state index contributed by atoms with van der Waals surface area (Å²) < 4.78 is 0. The summed E-state index contributed by atoms with van der Waals surface area (Å²) in [7, 11) is 0. The predicted molar refractivity (Wildman–Crippen MR) is 56.6 cm³/mol. The highest BCUT2D eigenvalue weighted by Gasteiger charge is 2.21. The topological polar surface area (TPSA) is 43.1 Å². The highest BCUT2D eigenvalue weighted by molar-refractivity contribution is 5.80. The average Bonchev–Trinajstić information content (AvgIpc) is 2.44. The van der Waals surface area contributed by atoms with Crippen LogP contribution < -0.4 is 5.73 Å². The first-order chi connectivity index (χ1) is 6.68. The molecule has 14 heavy (non-hydrogen) atoms. The fourth-order valence-electron chi connectivity index (χ4n) is 1.97. The lowest BCUT2D eigenvalue weighted by molar-refractivity contribution is -0.117. The number of hydrogen-bond donors (Lipinski definition) is 1. The van der Waals surface area contributed by atoms with Crippen molar-refractivity contribution < 1.29 is 4.79 Å². The van der Waals surface area contributed by atoms with Gasteiger partial charge >= 0.3 is 0 Å². The Morgan fingerprint density at radius 1 is 1.43 bits per heavy atom. The van der Waals surface area contributed by atoms with E-state index in [0.29, 0.717) is 12.3 Å². The molecule has 0 bridgehead atoms. The molecule has 1 amide bonds. The number of hydrogen-bond acceptors (Lipinski definition) is 1. The number of carbonyl (C=O) groups is 1. The van der Waals surface area contributed by atoms with Crippen molar-refractivity contribution in [3.8, 4) is 0 Å². The van der Waals surface area contributed by atoms with Crippen LogP contribution in [0.5, 0.6) is 0 Å². The molecule has 1 aromatic rings. The first-order valence-electron chi connectivity index (χ1n) is 4.76. The lowest BCUT2D eigenvalue weighted by Gasteiger charge is -2.08. The molecule has 1 atom stereocenters. The van der Waals surface area contributed by atoms with Gasteiger partial charge in [0.25, 0.3) is 0 Å². The van der Waals surface area contributed by atoms with Crippen LogP contribution in [-0.2, 0) is 4.79 Å². The van der Waals surface area contributed by atoms with Gasteiger partial charge in [-0.05, 0) is 11.1 Å². The maximum Gasteiger partial charge on any atom is 0.221 e. The van der Waals surface area contributed by atoms with Gasteiger partial charge in [-0.15, -0.1) is 0 Å². The number of benzene rings is 1. The zero-order valence-corrected chi connectivity index (χ0v) is 8.16. The third-order valence-corrected chi connectivity index (χ3v) is 2.74. The van der Waals surface area contributed by atoms with Gasteiger partial charge in [0.05, 0.1) is 0 Å². The van der Waals surface area contributed by atoms with Gasteiger partial charge in [-0.2, -0.15) is 0 Å². The second-order valence-corrected chi connectivity index (χ2v) is 3.71. The molecular weight excluding hydrogens is 174 g/mol. The van der Waals surface area contributed by atoms with Crippen LogP contribution in [0.1, 0.15) is 30.4 Å². The summed E-state index contributed by atoms with van der Waals surface area (Å²) in [6, 6.07) is 8.20. The molecular formula is C12H13NO. The Labute approximate surface area is 83.4 Å². The summed E-state index contributed by atoms with van der Waals surface area (Å²) in [5, 5.41) is 0. The normalized spacial score (nSPS) is 18.9. The molecule has 0 saturated carbocycles. The largest absolute Gasteiger partial charge is 0.369 e. The minimum Gasteiger partial charge on any atom is -0.369 e. The van der Waals surface area contributed by atoms with Gasteiger partial charge in [0.2, 0.25) is 5.91 Å². The number of fused-ring (bicyclic) bond motifs is 1. The standard InChI is InChI=1S/C12H13NO/c1-8-10(7-12(13)14)6-9-4-2-3-5-11(8)9/h2-6,8H,7H2,1H3,(H2,13,14). The van der Waals surface area contributed by atoms with Crippen molar-refractivity contribution in [1.29, 1.82) is 0 Å². The average molecular weight is 187 g/mol. The smallest absolute Gasteiger partial charge is 0.221 e. The first-order valence-corrected chi connectivity index (χ1v) is 4.76. The molecule has 0 spiro atoms. The van der Waals surface area contributed by atoms with Crippen molar-refractivity contribution in [2.75, 3.05) is 0 Å². The van der Waals surface area contributed by atoms with Crippen molar-refractivity contribution in [3.05, 3.63) is 41.0 Å². The van der Waals surface area contributed by atoms with E-state index in [2.05, 4.69) is 25.1 Å². The Bertz CT molecular complexity index is 407. The van der Waals surface area contributed by atoms with E-state index < -0.39 is 0 Å².